The van der Waals surface area contributed by atoms with Crippen molar-refractivity contribution in [3.63, 3.8) is 0 Å². The summed E-state index contributed by atoms with van der Waals surface area (Å²) in [5, 5.41) is 12.2. The van der Waals surface area contributed by atoms with Gasteiger partial charge in [0.05, 0.1) is 6.04 Å². The molecule has 1 amide bonds. The van der Waals surface area contributed by atoms with Crippen LogP contribution in [0.15, 0.2) is 0 Å². The first-order valence-electron chi connectivity index (χ1n) is 8.09. The smallest absolute Gasteiger partial charge is 0.237 e. The van der Waals surface area contributed by atoms with Crippen LogP contribution in [-0.2, 0) is 4.79 Å². The molecule has 5 heteroatoms. The predicted molar refractivity (Wildman–Crippen MR) is 79.5 cm³/mol. The summed E-state index contributed by atoms with van der Waals surface area (Å²) in [6, 6.07) is 0.0973. The average Bonchev–Trinajstić information content (AvgIpc) is 2.96. The van der Waals surface area contributed by atoms with E-state index in [-0.39, 0.29) is 11.9 Å². The van der Waals surface area contributed by atoms with E-state index in [9.17, 15) is 4.79 Å². The van der Waals surface area contributed by atoms with Gasteiger partial charge in [-0.25, -0.2) is 0 Å². The highest BCUT2D eigenvalue weighted by molar-refractivity contribution is 5.82. The van der Waals surface area contributed by atoms with E-state index in [0.717, 1.165) is 65.0 Å². The Morgan fingerprint density at radius 2 is 2.00 bits per heavy atom. The summed E-state index contributed by atoms with van der Waals surface area (Å²) in [5.41, 5.74) is 0. The van der Waals surface area contributed by atoms with Gasteiger partial charge in [-0.3, -0.25) is 9.69 Å². The third kappa shape index (κ3) is 4.17. The van der Waals surface area contributed by atoms with Gasteiger partial charge >= 0.3 is 0 Å². The van der Waals surface area contributed by atoms with E-state index >= 15 is 0 Å². The second kappa shape index (κ2) is 7.96. The van der Waals surface area contributed by atoms with Crippen LogP contribution in [0.2, 0.25) is 0 Å². The fourth-order valence-electron chi connectivity index (χ4n) is 3.35. The molecule has 2 fully saturated rings. The average molecular weight is 283 g/mol. The zero-order chi connectivity index (χ0) is 14.4. The molecular weight excluding hydrogens is 254 g/mol. The van der Waals surface area contributed by atoms with Crippen molar-refractivity contribution in [1.82, 2.24) is 15.1 Å². The molecule has 1 atom stereocenters. The van der Waals surface area contributed by atoms with E-state index < -0.39 is 0 Å². The second-order valence-corrected chi connectivity index (χ2v) is 6.05. The molecule has 116 valence electrons. The van der Waals surface area contributed by atoms with Crippen molar-refractivity contribution < 1.29 is 9.90 Å². The molecule has 2 rings (SSSR count). The lowest BCUT2D eigenvalue weighted by molar-refractivity contribution is -0.125. The van der Waals surface area contributed by atoms with E-state index in [1.807, 2.05) is 0 Å². The molecule has 0 aliphatic carbocycles. The van der Waals surface area contributed by atoms with Crippen LogP contribution in [0, 0.1) is 5.92 Å². The summed E-state index contributed by atoms with van der Waals surface area (Å²) in [6.45, 7) is 8.24. The van der Waals surface area contributed by atoms with Crippen LogP contribution in [0.25, 0.3) is 0 Å². The molecule has 0 aromatic carbocycles. The Labute approximate surface area is 122 Å². The number of likely N-dealkylation sites (tertiary alicyclic amines) is 2. The van der Waals surface area contributed by atoms with Crippen LogP contribution in [0.3, 0.4) is 0 Å². The van der Waals surface area contributed by atoms with Gasteiger partial charge in [0, 0.05) is 19.7 Å². The first kappa shape index (κ1) is 15.7. The monoisotopic (exact) mass is 283 g/mol. The van der Waals surface area contributed by atoms with Crippen molar-refractivity contribution in [2.24, 2.45) is 5.92 Å². The first-order chi connectivity index (χ1) is 9.74. The lowest BCUT2D eigenvalue weighted by Crippen LogP contribution is -2.46. The van der Waals surface area contributed by atoms with Gasteiger partial charge in [-0.15, -0.1) is 0 Å². The molecule has 0 aromatic rings. The number of piperidine rings is 1. The number of hydrogen-bond donors (Lipinski definition) is 2. The van der Waals surface area contributed by atoms with Crippen LogP contribution in [0.4, 0.5) is 0 Å². The van der Waals surface area contributed by atoms with Crippen LogP contribution < -0.4 is 5.32 Å². The SMILES string of the molecule is CCN1CCC[C@H]1C(=O)NCCN1CCC(CO)CC1. The number of rotatable bonds is 6. The Kier molecular flexibility index (Phi) is 6.26. The Balaban J connectivity index is 1.62. The maximum absolute atomic E-state index is 12.2. The molecule has 20 heavy (non-hydrogen) atoms. The van der Waals surface area contributed by atoms with E-state index in [2.05, 4.69) is 22.0 Å². The third-order valence-corrected chi connectivity index (χ3v) is 4.77. The van der Waals surface area contributed by atoms with E-state index in [1.165, 1.54) is 0 Å². The predicted octanol–water partition coefficient (Wildman–Crippen LogP) is 0.291. The van der Waals surface area contributed by atoms with Crippen molar-refractivity contribution in [3.8, 4) is 0 Å². The lowest BCUT2D eigenvalue weighted by atomic mass is 9.98. The molecule has 2 aliphatic rings. The summed E-state index contributed by atoms with van der Waals surface area (Å²) in [4.78, 5) is 16.8. The minimum Gasteiger partial charge on any atom is -0.396 e. The number of aliphatic hydroxyl groups is 1. The fraction of sp³-hybridized carbons (Fsp3) is 0.933. The standard InChI is InChI=1S/C15H29N3O2/c1-2-18-8-3-4-14(18)15(20)16-7-11-17-9-5-13(12-19)6-10-17/h13-14,19H,2-12H2,1H3,(H,16,20)/t14-/m0/s1. The van der Waals surface area contributed by atoms with Crippen molar-refractivity contribution in [1.29, 1.82) is 0 Å². The summed E-state index contributed by atoms with van der Waals surface area (Å²) in [7, 11) is 0. The number of carbonyl (C=O) groups excluding carboxylic acids is 1. The number of aliphatic hydroxyl groups excluding tert-OH is 1. The summed E-state index contributed by atoms with van der Waals surface area (Å²) < 4.78 is 0. The van der Waals surface area contributed by atoms with Gasteiger partial charge in [-0.2, -0.15) is 0 Å². The first-order valence-corrected chi connectivity index (χ1v) is 8.09. The van der Waals surface area contributed by atoms with Gasteiger partial charge in [0.2, 0.25) is 5.91 Å². The Hall–Kier alpha value is -0.650. The molecule has 0 aromatic heterocycles. The maximum Gasteiger partial charge on any atom is 0.237 e. The third-order valence-electron chi connectivity index (χ3n) is 4.77. The molecule has 0 spiro atoms. The fourth-order valence-corrected chi connectivity index (χ4v) is 3.35. The van der Waals surface area contributed by atoms with Crippen molar-refractivity contribution in [2.75, 3.05) is 45.9 Å². The zero-order valence-electron chi connectivity index (χ0n) is 12.7. The van der Waals surface area contributed by atoms with Crippen molar-refractivity contribution in [3.05, 3.63) is 0 Å². The second-order valence-electron chi connectivity index (χ2n) is 6.05. The quantitative estimate of drug-likeness (QED) is 0.736. The van der Waals surface area contributed by atoms with Crippen LogP contribution in [0.1, 0.15) is 32.6 Å². The van der Waals surface area contributed by atoms with Gasteiger partial charge in [-0.1, -0.05) is 6.92 Å². The van der Waals surface area contributed by atoms with Gasteiger partial charge in [0.25, 0.3) is 0 Å². The van der Waals surface area contributed by atoms with E-state index in [4.69, 9.17) is 5.11 Å². The number of nitrogens with one attached hydrogen (secondary N) is 1. The van der Waals surface area contributed by atoms with Crippen LogP contribution in [-0.4, -0.2) is 72.7 Å². The van der Waals surface area contributed by atoms with E-state index in [0.29, 0.717) is 12.5 Å². The van der Waals surface area contributed by atoms with Gasteiger partial charge in [0.1, 0.15) is 0 Å². The Bertz CT molecular complexity index is 303. The van der Waals surface area contributed by atoms with Crippen molar-refractivity contribution in [2.45, 2.75) is 38.6 Å². The molecule has 2 N–H and O–H groups in total. The van der Waals surface area contributed by atoms with Crippen LogP contribution >= 0.6 is 0 Å². The highest BCUT2D eigenvalue weighted by atomic mass is 16.3. The molecule has 2 heterocycles. The molecule has 5 nitrogen and oxygen atoms in total. The molecule has 0 unspecified atom stereocenters. The molecular formula is C15H29N3O2. The number of hydrogen-bond acceptors (Lipinski definition) is 4. The molecule has 0 radical (unpaired) electrons. The highest BCUT2D eigenvalue weighted by Gasteiger charge is 2.29. The number of likely N-dealkylation sites (N-methyl/N-ethyl adjacent to an activating group) is 1. The van der Waals surface area contributed by atoms with Gasteiger partial charge in [0.15, 0.2) is 0 Å². The minimum absolute atomic E-state index is 0.0973. The maximum atomic E-state index is 12.2. The molecule has 2 saturated heterocycles. The largest absolute Gasteiger partial charge is 0.396 e. The van der Waals surface area contributed by atoms with Crippen molar-refractivity contribution >= 4 is 5.91 Å². The van der Waals surface area contributed by atoms with Crippen LogP contribution in [0.5, 0.6) is 0 Å². The van der Waals surface area contributed by atoms with Gasteiger partial charge in [-0.05, 0) is 57.8 Å². The zero-order valence-corrected chi connectivity index (χ0v) is 12.7. The minimum atomic E-state index is 0.0973. The summed E-state index contributed by atoms with van der Waals surface area (Å²) in [5.74, 6) is 0.687. The Morgan fingerprint density at radius 1 is 1.25 bits per heavy atom. The topological polar surface area (TPSA) is 55.8 Å². The number of nitrogens with zero attached hydrogens (tertiary/aromatic N) is 2. The Morgan fingerprint density at radius 3 is 2.65 bits per heavy atom. The molecule has 0 bridgehead atoms. The van der Waals surface area contributed by atoms with Gasteiger partial charge < -0.3 is 15.3 Å². The lowest BCUT2D eigenvalue weighted by Gasteiger charge is -2.31. The number of carbonyl (C=O) groups is 1. The van der Waals surface area contributed by atoms with E-state index in [1.54, 1.807) is 0 Å². The highest BCUT2D eigenvalue weighted by Crippen LogP contribution is 2.17. The summed E-state index contributed by atoms with van der Waals surface area (Å²) >= 11 is 0. The summed E-state index contributed by atoms with van der Waals surface area (Å²) in [6.07, 6.45) is 4.30. The number of amides is 1. The molecule has 0 saturated carbocycles. The molecule has 2 aliphatic heterocycles. The normalized spacial score (nSPS) is 26.0.